The van der Waals surface area contributed by atoms with E-state index < -0.39 is 0 Å². The lowest BCUT2D eigenvalue weighted by molar-refractivity contribution is 0.286. The Morgan fingerprint density at radius 1 is 1.46 bits per heavy atom. The van der Waals surface area contributed by atoms with Crippen molar-refractivity contribution in [2.24, 2.45) is 5.73 Å². The van der Waals surface area contributed by atoms with Gasteiger partial charge in [-0.1, -0.05) is 12.8 Å². The minimum Gasteiger partial charge on any atom is -0.326 e. The zero-order valence-corrected chi connectivity index (χ0v) is 9.07. The summed E-state index contributed by atoms with van der Waals surface area (Å²) in [5.41, 5.74) is 6.04. The lowest BCUT2D eigenvalue weighted by Gasteiger charge is -2.28. The SMILES string of the molecule is N[C@H]1CCCC[C@H]1n1cc(Br)cn1. The van der Waals surface area contributed by atoms with Crippen LogP contribution in [0.15, 0.2) is 16.9 Å². The third-order valence-electron chi connectivity index (χ3n) is 2.69. The van der Waals surface area contributed by atoms with Crippen molar-refractivity contribution in [2.45, 2.75) is 37.8 Å². The molecule has 1 saturated carbocycles. The topological polar surface area (TPSA) is 43.8 Å². The van der Waals surface area contributed by atoms with E-state index in [1.807, 2.05) is 17.1 Å². The van der Waals surface area contributed by atoms with Crippen molar-refractivity contribution in [2.75, 3.05) is 0 Å². The Morgan fingerprint density at radius 2 is 2.23 bits per heavy atom. The molecule has 0 spiro atoms. The monoisotopic (exact) mass is 243 g/mol. The zero-order valence-electron chi connectivity index (χ0n) is 7.49. The largest absolute Gasteiger partial charge is 0.326 e. The average molecular weight is 244 g/mol. The Morgan fingerprint density at radius 3 is 2.85 bits per heavy atom. The first-order valence-electron chi connectivity index (χ1n) is 4.72. The van der Waals surface area contributed by atoms with Crippen molar-refractivity contribution in [3.63, 3.8) is 0 Å². The molecule has 0 radical (unpaired) electrons. The van der Waals surface area contributed by atoms with Crippen LogP contribution in [0.4, 0.5) is 0 Å². The van der Waals surface area contributed by atoms with Crippen molar-refractivity contribution in [3.8, 4) is 0 Å². The Hall–Kier alpha value is -0.350. The summed E-state index contributed by atoms with van der Waals surface area (Å²) in [5, 5.41) is 4.28. The minimum atomic E-state index is 0.278. The maximum absolute atomic E-state index is 6.04. The highest BCUT2D eigenvalue weighted by Crippen LogP contribution is 2.27. The molecule has 4 heteroatoms. The lowest BCUT2D eigenvalue weighted by atomic mass is 9.91. The molecule has 0 unspecified atom stereocenters. The van der Waals surface area contributed by atoms with Crippen LogP contribution in [-0.2, 0) is 0 Å². The van der Waals surface area contributed by atoms with Gasteiger partial charge in [0.05, 0.1) is 16.7 Å². The first kappa shape index (κ1) is 9.21. The van der Waals surface area contributed by atoms with Crippen LogP contribution in [0.1, 0.15) is 31.7 Å². The molecule has 2 atom stereocenters. The molecule has 0 saturated heterocycles. The fourth-order valence-corrected chi connectivity index (χ4v) is 2.27. The molecule has 1 fully saturated rings. The number of aromatic nitrogens is 2. The van der Waals surface area contributed by atoms with Gasteiger partial charge in [0.25, 0.3) is 0 Å². The lowest BCUT2D eigenvalue weighted by Crippen LogP contribution is -2.35. The van der Waals surface area contributed by atoms with E-state index >= 15 is 0 Å². The molecule has 0 bridgehead atoms. The number of nitrogens with zero attached hydrogens (tertiary/aromatic N) is 2. The van der Waals surface area contributed by atoms with Crippen molar-refractivity contribution in [1.82, 2.24) is 9.78 Å². The van der Waals surface area contributed by atoms with Crippen LogP contribution in [0.3, 0.4) is 0 Å². The molecule has 1 aliphatic rings. The molecule has 0 amide bonds. The molecule has 3 nitrogen and oxygen atoms in total. The molecule has 2 N–H and O–H groups in total. The normalized spacial score (nSPS) is 29.1. The summed E-state index contributed by atoms with van der Waals surface area (Å²) in [5.74, 6) is 0. The number of halogens is 1. The fraction of sp³-hybridized carbons (Fsp3) is 0.667. The molecule has 2 rings (SSSR count). The summed E-state index contributed by atoms with van der Waals surface area (Å²) in [7, 11) is 0. The summed E-state index contributed by atoms with van der Waals surface area (Å²) < 4.78 is 3.03. The van der Waals surface area contributed by atoms with Gasteiger partial charge in [0.15, 0.2) is 0 Å². The fourth-order valence-electron chi connectivity index (χ4n) is 1.96. The van der Waals surface area contributed by atoms with Gasteiger partial charge in [-0.3, -0.25) is 4.68 Å². The molecular weight excluding hydrogens is 230 g/mol. The smallest absolute Gasteiger partial charge is 0.0670 e. The number of nitrogens with two attached hydrogens (primary N) is 1. The average Bonchev–Trinajstić information content (AvgIpc) is 2.53. The molecule has 13 heavy (non-hydrogen) atoms. The third kappa shape index (κ3) is 1.94. The van der Waals surface area contributed by atoms with Gasteiger partial charge in [0.1, 0.15) is 0 Å². The van der Waals surface area contributed by atoms with Gasteiger partial charge in [-0.15, -0.1) is 0 Å². The Kier molecular flexibility index (Phi) is 2.69. The number of hydrogen-bond acceptors (Lipinski definition) is 2. The second kappa shape index (κ2) is 3.80. The van der Waals surface area contributed by atoms with Gasteiger partial charge in [-0.05, 0) is 28.8 Å². The van der Waals surface area contributed by atoms with E-state index in [0.29, 0.717) is 6.04 Å². The van der Waals surface area contributed by atoms with E-state index in [4.69, 9.17) is 5.73 Å². The summed E-state index contributed by atoms with van der Waals surface area (Å²) >= 11 is 3.39. The Balaban J connectivity index is 2.14. The van der Waals surface area contributed by atoms with Gasteiger partial charge in [0.2, 0.25) is 0 Å². The zero-order chi connectivity index (χ0) is 9.26. The van der Waals surface area contributed by atoms with Crippen LogP contribution in [0, 0.1) is 0 Å². The Bertz CT molecular complexity index is 284. The van der Waals surface area contributed by atoms with E-state index in [9.17, 15) is 0 Å². The molecular formula is C9H14BrN3. The van der Waals surface area contributed by atoms with Crippen LogP contribution in [-0.4, -0.2) is 15.8 Å². The molecule has 0 aromatic carbocycles. The van der Waals surface area contributed by atoms with Crippen LogP contribution < -0.4 is 5.73 Å². The summed E-state index contributed by atoms with van der Waals surface area (Å²) in [4.78, 5) is 0. The van der Waals surface area contributed by atoms with Crippen LogP contribution in [0.25, 0.3) is 0 Å². The molecule has 1 aromatic heterocycles. The van der Waals surface area contributed by atoms with E-state index in [2.05, 4.69) is 21.0 Å². The molecule has 72 valence electrons. The van der Waals surface area contributed by atoms with E-state index in [-0.39, 0.29) is 6.04 Å². The maximum atomic E-state index is 6.04. The van der Waals surface area contributed by atoms with Crippen molar-refractivity contribution >= 4 is 15.9 Å². The van der Waals surface area contributed by atoms with E-state index in [1.165, 1.54) is 12.8 Å². The van der Waals surface area contributed by atoms with Gasteiger partial charge in [-0.2, -0.15) is 5.10 Å². The molecule has 1 aromatic rings. The summed E-state index contributed by atoms with van der Waals surface area (Å²) in [6.45, 7) is 0. The van der Waals surface area contributed by atoms with Crippen molar-refractivity contribution in [3.05, 3.63) is 16.9 Å². The van der Waals surface area contributed by atoms with Crippen LogP contribution in [0.2, 0.25) is 0 Å². The standard InChI is InChI=1S/C9H14BrN3/c10-7-5-12-13(6-7)9-4-2-1-3-8(9)11/h5-6,8-9H,1-4,11H2/t8-,9+/m0/s1. The quantitative estimate of drug-likeness (QED) is 0.821. The van der Waals surface area contributed by atoms with E-state index in [0.717, 1.165) is 17.3 Å². The molecule has 1 heterocycles. The third-order valence-corrected chi connectivity index (χ3v) is 3.10. The second-order valence-corrected chi connectivity index (χ2v) is 4.57. The highest BCUT2D eigenvalue weighted by atomic mass is 79.9. The van der Waals surface area contributed by atoms with Crippen LogP contribution in [0.5, 0.6) is 0 Å². The van der Waals surface area contributed by atoms with Crippen molar-refractivity contribution < 1.29 is 0 Å². The highest BCUT2D eigenvalue weighted by molar-refractivity contribution is 9.10. The Labute approximate surface area is 86.4 Å². The first-order chi connectivity index (χ1) is 6.27. The maximum Gasteiger partial charge on any atom is 0.0670 e. The van der Waals surface area contributed by atoms with Gasteiger partial charge in [0, 0.05) is 12.2 Å². The second-order valence-electron chi connectivity index (χ2n) is 3.65. The van der Waals surface area contributed by atoms with Crippen LogP contribution >= 0.6 is 15.9 Å². The number of hydrogen-bond donors (Lipinski definition) is 1. The molecule has 0 aliphatic heterocycles. The first-order valence-corrected chi connectivity index (χ1v) is 5.52. The highest BCUT2D eigenvalue weighted by Gasteiger charge is 2.23. The summed E-state index contributed by atoms with van der Waals surface area (Å²) in [6, 6.07) is 0.681. The van der Waals surface area contributed by atoms with Crippen molar-refractivity contribution in [1.29, 1.82) is 0 Å². The predicted octanol–water partition coefficient (Wildman–Crippen LogP) is 2.09. The minimum absolute atomic E-state index is 0.278. The molecule has 1 aliphatic carbocycles. The van der Waals surface area contributed by atoms with E-state index in [1.54, 1.807) is 0 Å². The number of rotatable bonds is 1. The van der Waals surface area contributed by atoms with Gasteiger partial charge < -0.3 is 5.73 Å². The summed E-state index contributed by atoms with van der Waals surface area (Å²) in [6.07, 6.45) is 8.66. The van der Waals surface area contributed by atoms with Gasteiger partial charge >= 0.3 is 0 Å². The predicted molar refractivity (Wildman–Crippen MR) is 55.4 cm³/mol. The van der Waals surface area contributed by atoms with Gasteiger partial charge in [-0.25, -0.2) is 0 Å².